The van der Waals surface area contributed by atoms with Gasteiger partial charge < -0.3 is 56.8 Å². The third-order valence-electron chi connectivity index (χ3n) is 10.3. The van der Waals surface area contributed by atoms with Crippen molar-refractivity contribution in [2.24, 2.45) is 11.8 Å². The number of esters is 2. The second kappa shape index (κ2) is 17.6. The molecule has 3 aliphatic rings. The van der Waals surface area contributed by atoms with Crippen molar-refractivity contribution in [1.29, 1.82) is 0 Å². The molecule has 2 aliphatic heterocycles. The van der Waals surface area contributed by atoms with Gasteiger partial charge in [-0.25, -0.2) is 0 Å². The lowest BCUT2D eigenvalue weighted by Gasteiger charge is -2.49. The Morgan fingerprint density at radius 2 is 0.879 bits per heavy atom. The average molecular weight is 797 g/mol. The van der Waals surface area contributed by atoms with Crippen molar-refractivity contribution < 1.29 is 66.4 Å². The van der Waals surface area contributed by atoms with E-state index in [2.05, 4.69) is 0 Å². The lowest BCUT2D eigenvalue weighted by molar-refractivity contribution is -0.166. The maximum Gasteiger partial charge on any atom is 0.310 e. The fourth-order valence-electron chi connectivity index (χ4n) is 7.61. The molecule has 4 aromatic rings. The van der Waals surface area contributed by atoms with Crippen LogP contribution in [-0.4, -0.2) is 81.4 Å². The van der Waals surface area contributed by atoms with Crippen molar-refractivity contribution in [3.63, 3.8) is 0 Å². The van der Waals surface area contributed by atoms with Crippen LogP contribution in [0, 0.1) is 11.8 Å². The second-order valence-corrected chi connectivity index (χ2v) is 13.3. The minimum Gasteiger partial charge on any atom is -0.493 e. The van der Waals surface area contributed by atoms with Crippen LogP contribution in [0.5, 0.6) is 57.5 Å². The Hall–Kier alpha value is -6.70. The van der Waals surface area contributed by atoms with Crippen LogP contribution in [0.25, 0.3) is 12.2 Å². The highest BCUT2D eigenvalue weighted by atomic mass is 16.7. The van der Waals surface area contributed by atoms with Crippen LogP contribution in [0.1, 0.15) is 34.1 Å². The molecule has 1 saturated carbocycles. The molecule has 0 atom stereocenters. The Balaban J connectivity index is 1.23. The molecule has 2 heterocycles. The molecule has 0 aromatic heterocycles. The van der Waals surface area contributed by atoms with Gasteiger partial charge in [0.05, 0.1) is 54.5 Å². The third kappa shape index (κ3) is 7.82. The Labute approximate surface area is 335 Å². The molecule has 0 spiro atoms. The van der Waals surface area contributed by atoms with E-state index in [0.29, 0.717) is 68.6 Å². The molecular formula is C44H44O14. The fraction of sp³-hybridized carbons (Fsp3) is 0.318. The number of rotatable bonds is 16. The van der Waals surface area contributed by atoms with E-state index < -0.39 is 35.6 Å². The summed E-state index contributed by atoms with van der Waals surface area (Å²) in [5.41, 5.74) is 2.83. The number of ether oxygens (including phenoxy) is 12. The van der Waals surface area contributed by atoms with Gasteiger partial charge in [-0.3, -0.25) is 9.59 Å². The van der Waals surface area contributed by atoms with Gasteiger partial charge in [0.25, 0.3) is 0 Å². The van der Waals surface area contributed by atoms with Gasteiger partial charge >= 0.3 is 11.9 Å². The summed E-state index contributed by atoms with van der Waals surface area (Å²) < 4.78 is 67.6. The molecule has 0 bridgehead atoms. The highest BCUT2D eigenvalue weighted by molar-refractivity contribution is 5.86. The van der Waals surface area contributed by atoms with Crippen LogP contribution in [0.2, 0.25) is 0 Å². The highest BCUT2D eigenvalue weighted by Crippen LogP contribution is 2.61. The highest BCUT2D eigenvalue weighted by Gasteiger charge is 2.60. The van der Waals surface area contributed by atoms with E-state index in [1.165, 1.54) is 42.7 Å². The topological polar surface area (TPSA) is 145 Å². The van der Waals surface area contributed by atoms with E-state index in [4.69, 9.17) is 56.8 Å². The van der Waals surface area contributed by atoms with Gasteiger partial charge in [-0.1, -0.05) is 24.3 Å². The summed E-state index contributed by atoms with van der Waals surface area (Å²) in [5, 5.41) is 0. The van der Waals surface area contributed by atoms with Crippen molar-refractivity contribution in [3.8, 4) is 57.5 Å². The van der Waals surface area contributed by atoms with Gasteiger partial charge in [-0.2, -0.15) is 0 Å². The van der Waals surface area contributed by atoms with E-state index in [1.54, 1.807) is 36.4 Å². The van der Waals surface area contributed by atoms with Gasteiger partial charge in [0.2, 0.25) is 25.1 Å². The monoisotopic (exact) mass is 796 g/mol. The minimum absolute atomic E-state index is 0.0481. The Morgan fingerprint density at radius 1 is 0.517 bits per heavy atom. The van der Waals surface area contributed by atoms with Gasteiger partial charge in [0, 0.05) is 11.8 Å². The van der Waals surface area contributed by atoms with E-state index in [0.717, 1.165) is 11.1 Å². The van der Waals surface area contributed by atoms with Crippen LogP contribution >= 0.6 is 0 Å². The summed E-state index contributed by atoms with van der Waals surface area (Å²) in [6, 6.07) is 18.0. The summed E-state index contributed by atoms with van der Waals surface area (Å²) in [4.78, 5) is 28.9. The number of benzene rings is 4. The molecular weight excluding hydrogens is 752 g/mol. The summed E-state index contributed by atoms with van der Waals surface area (Å²) in [6.45, 7) is 0.225. The zero-order valence-corrected chi connectivity index (χ0v) is 32.9. The molecule has 0 N–H and O–H groups in total. The molecule has 58 heavy (non-hydrogen) atoms. The summed E-state index contributed by atoms with van der Waals surface area (Å²) in [5.74, 6) is 0.333. The molecule has 4 aromatic carbocycles. The maximum absolute atomic E-state index is 14.4. The standard InChI is InChI=1S/C44H44O14/c1-47-33-19-27(20-34(48-2)41(33)51-5)37-39(43(45)53-15-7-9-25-11-13-29-31(17-25)57-23-55-29)38(28-21-35(49-3)42(52-6)36(22-28)50-4)40(37)44(46)54-16-8-10-26-12-14-30-32(18-26)58-24-56-30/h7-14,17-22,37-40H,15-16,23-24H2,1-6H3/b9-7-,10-8-. The quantitative estimate of drug-likeness (QED) is 0.109. The van der Waals surface area contributed by atoms with Crippen LogP contribution in [0.15, 0.2) is 72.8 Å². The molecule has 304 valence electrons. The number of carbonyl (C=O) groups is 2. The van der Waals surface area contributed by atoms with E-state index in [9.17, 15) is 9.59 Å². The van der Waals surface area contributed by atoms with Crippen LogP contribution in [0.4, 0.5) is 0 Å². The zero-order valence-electron chi connectivity index (χ0n) is 32.9. The van der Waals surface area contributed by atoms with Gasteiger partial charge in [-0.05, 0) is 82.9 Å². The number of fused-ring (bicyclic) bond motifs is 2. The summed E-state index contributed by atoms with van der Waals surface area (Å²) in [7, 11) is 8.99. The zero-order chi connectivity index (χ0) is 40.8. The Bertz CT molecular complexity index is 2000. The lowest BCUT2D eigenvalue weighted by Crippen LogP contribution is -2.52. The number of methoxy groups -OCH3 is 6. The van der Waals surface area contributed by atoms with E-state index >= 15 is 0 Å². The van der Waals surface area contributed by atoms with Gasteiger partial charge in [0.1, 0.15) is 13.2 Å². The van der Waals surface area contributed by atoms with Crippen molar-refractivity contribution in [2.75, 3.05) is 69.5 Å². The lowest BCUT2D eigenvalue weighted by atomic mass is 9.52. The molecule has 0 amide bonds. The SMILES string of the molecule is COc1cc(C2C(C(=O)OC/C=C\c3ccc4c(c3)OCO4)C(c3cc(OC)c(OC)c(OC)c3)C2C(=O)OC/C=C\c2ccc3c(c2)OCO3)cc(OC)c1OC. The molecule has 1 aliphatic carbocycles. The summed E-state index contributed by atoms with van der Waals surface area (Å²) >= 11 is 0. The third-order valence-corrected chi connectivity index (χ3v) is 10.3. The predicted octanol–water partition coefficient (Wildman–Crippen LogP) is 6.82. The normalized spacial score (nSPS) is 18.7. The fourth-order valence-corrected chi connectivity index (χ4v) is 7.61. The van der Waals surface area contributed by atoms with E-state index in [1.807, 2.05) is 48.6 Å². The maximum atomic E-state index is 14.4. The molecule has 7 rings (SSSR count). The number of hydrogen-bond acceptors (Lipinski definition) is 14. The first-order chi connectivity index (χ1) is 28.3. The van der Waals surface area contributed by atoms with Gasteiger partial charge in [-0.15, -0.1) is 0 Å². The Kier molecular flexibility index (Phi) is 12.0. The average Bonchev–Trinajstić information content (AvgIpc) is 3.92. The van der Waals surface area contributed by atoms with Crippen molar-refractivity contribution in [2.45, 2.75) is 11.8 Å². The van der Waals surface area contributed by atoms with Gasteiger partial charge in [0.15, 0.2) is 46.0 Å². The minimum atomic E-state index is -0.897. The van der Waals surface area contributed by atoms with Crippen LogP contribution in [0.3, 0.4) is 0 Å². The second-order valence-electron chi connectivity index (χ2n) is 13.3. The van der Waals surface area contributed by atoms with E-state index in [-0.39, 0.29) is 26.8 Å². The first-order valence-electron chi connectivity index (χ1n) is 18.4. The van der Waals surface area contributed by atoms with Crippen molar-refractivity contribution >= 4 is 24.1 Å². The number of carbonyl (C=O) groups excluding carboxylic acids is 2. The van der Waals surface area contributed by atoms with Crippen LogP contribution in [-0.2, 0) is 19.1 Å². The summed E-state index contributed by atoms with van der Waals surface area (Å²) in [6.07, 6.45) is 7.10. The Morgan fingerprint density at radius 3 is 1.22 bits per heavy atom. The first kappa shape index (κ1) is 39.5. The predicted molar refractivity (Wildman–Crippen MR) is 210 cm³/mol. The number of hydrogen-bond donors (Lipinski definition) is 0. The van der Waals surface area contributed by atoms with Crippen LogP contribution < -0.4 is 47.4 Å². The molecule has 0 radical (unpaired) electrons. The smallest absolute Gasteiger partial charge is 0.310 e. The largest absolute Gasteiger partial charge is 0.493 e. The molecule has 0 saturated heterocycles. The molecule has 1 fully saturated rings. The van der Waals surface area contributed by atoms with Crippen molar-refractivity contribution in [3.05, 3.63) is 95.1 Å². The molecule has 14 nitrogen and oxygen atoms in total. The molecule has 0 unspecified atom stereocenters. The first-order valence-corrected chi connectivity index (χ1v) is 18.4. The van der Waals surface area contributed by atoms with Crippen molar-refractivity contribution in [1.82, 2.24) is 0 Å². The molecule has 14 heteroatoms.